The molecule has 5 aliphatic heterocycles. The zero-order valence-electron chi connectivity index (χ0n) is 27.2. The number of rotatable bonds is 5. The number of nitrogens with one attached hydrogen (secondary N) is 1. The Hall–Kier alpha value is -4.14. The van der Waals surface area contributed by atoms with Crippen molar-refractivity contribution in [1.29, 1.82) is 0 Å². The Kier molecular flexibility index (Phi) is 8.48. The molecule has 1 N–H and O–H groups in total. The van der Waals surface area contributed by atoms with Crippen LogP contribution in [-0.4, -0.2) is 106 Å². The maximum Gasteiger partial charge on any atom is 0.508 e. The Morgan fingerprint density at radius 1 is 1.18 bits per heavy atom. The van der Waals surface area contributed by atoms with Crippen LogP contribution in [0.15, 0.2) is 18.5 Å². The summed E-state index contributed by atoms with van der Waals surface area (Å²) in [5.74, 6) is -0.0778. The number of fused-ring (bicyclic) bond motifs is 8. The third-order valence-electron chi connectivity index (χ3n) is 10.3. The Morgan fingerprint density at radius 3 is 2.96 bits per heavy atom. The van der Waals surface area contributed by atoms with Crippen molar-refractivity contribution in [2.45, 2.75) is 69.6 Å². The summed E-state index contributed by atoms with van der Waals surface area (Å²) in [6.45, 7) is 4.02. The van der Waals surface area contributed by atoms with Gasteiger partial charge in [-0.1, -0.05) is 11.6 Å². The largest absolute Gasteiger partial charge is 0.508 e. The summed E-state index contributed by atoms with van der Waals surface area (Å²) in [5.41, 5.74) is 1.63. The van der Waals surface area contributed by atoms with Gasteiger partial charge in [-0.25, -0.2) is 9.18 Å². The molecule has 8 heterocycles. The van der Waals surface area contributed by atoms with Gasteiger partial charge in [-0.05, 0) is 63.6 Å². The number of carbonyl (C=O) groups is 2. The van der Waals surface area contributed by atoms with Crippen molar-refractivity contribution >= 4 is 51.2 Å². The number of pyridine rings is 1. The van der Waals surface area contributed by atoms with E-state index in [0.29, 0.717) is 77.3 Å². The van der Waals surface area contributed by atoms with E-state index < -0.39 is 18.1 Å². The molecule has 258 valence electrons. The lowest BCUT2D eigenvalue weighted by Gasteiger charge is -2.34. The Balaban J connectivity index is 1.26. The monoisotopic (exact) mass is 693 g/mol. The summed E-state index contributed by atoms with van der Waals surface area (Å²) in [6, 6.07) is 1.95. The normalized spacial score (nSPS) is 24.6. The Bertz CT molecular complexity index is 1940. The van der Waals surface area contributed by atoms with E-state index >= 15 is 4.39 Å². The van der Waals surface area contributed by atoms with Gasteiger partial charge in [0.25, 0.3) is 0 Å². The Morgan fingerprint density at radius 2 is 2.08 bits per heavy atom. The van der Waals surface area contributed by atoms with E-state index in [1.165, 1.54) is 0 Å². The molecule has 15 heteroatoms. The van der Waals surface area contributed by atoms with E-state index in [-0.39, 0.29) is 54.3 Å². The number of ether oxygens (including phenoxy) is 4. The number of aromatic amines is 1. The summed E-state index contributed by atoms with van der Waals surface area (Å²) in [7, 11) is 0. The van der Waals surface area contributed by atoms with E-state index in [2.05, 4.69) is 25.1 Å². The van der Waals surface area contributed by atoms with Crippen molar-refractivity contribution in [1.82, 2.24) is 30.0 Å². The second-order valence-corrected chi connectivity index (χ2v) is 13.8. The third-order valence-corrected chi connectivity index (χ3v) is 10.6. The van der Waals surface area contributed by atoms with Crippen LogP contribution in [0, 0.1) is 5.82 Å². The van der Waals surface area contributed by atoms with Crippen molar-refractivity contribution in [3.05, 3.63) is 34.9 Å². The smallest absolute Gasteiger partial charge is 0.461 e. The van der Waals surface area contributed by atoms with Crippen LogP contribution in [0.1, 0.15) is 51.0 Å². The molecule has 3 atom stereocenters. The topological polar surface area (TPSA) is 145 Å². The van der Waals surface area contributed by atoms with Crippen LogP contribution >= 0.6 is 11.6 Å². The van der Waals surface area contributed by atoms with Crippen molar-refractivity contribution in [2.75, 3.05) is 51.0 Å². The number of nitrogens with zero attached hydrogens (tertiary/aromatic N) is 6. The molecule has 0 spiro atoms. The number of Topliss-reactive ketones (excluding diaryl/α,β-unsaturated/α-hetero) is 1. The molecule has 5 aliphatic rings. The summed E-state index contributed by atoms with van der Waals surface area (Å²) < 4.78 is 40.4. The number of ketones is 1. The average Bonchev–Trinajstić information content (AvgIpc) is 3.74. The molecule has 0 aliphatic carbocycles. The number of hydrogen-bond acceptors (Lipinski definition) is 12. The van der Waals surface area contributed by atoms with Crippen LogP contribution in [-0.2, 0) is 25.4 Å². The number of halogens is 2. The minimum atomic E-state index is -0.799. The molecular formula is C34H37ClFN7O6. The van der Waals surface area contributed by atoms with Crippen LogP contribution in [0.2, 0.25) is 5.02 Å². The molecule has 6 bridgehead atoms. The zero-order chi connectivity index (χ0) is 33.7. The van der Waals surface area contributed by atoms with Gasteiger partial charge in [0.2, 0.25) is 0 Å². The lowest BCUT2D eigenvalue weighted by molar-refractivity contribution is -0.118. The highest BCUT2D eigenvalue weighted by molar-refractivity contribution is 6.33. The number of H-pyrrole nitrogens is 1. The summed E-state index contributed by atoms with van der Waals surface area (Å²) >= 11 is 6.79. The van der Waals surface area contributed by atoms with E-state index in [0.717, 1.165) is 32.2 Å². The number of carbonyl (C=O) groups excluding carboxylic acids is 2. The highest BCUT2D eigenvalue weighted by Gasteiger charge is 2.50. The number of anilines is 1. The third kappa shape index (κ3) is 5.93. The second-order valence-electron chi connectivity index (χ2n) is 13.4. The maximum atomic E-state index is 17.1. The molecule has 0 unspecified atom stereocenters. The molecule has 4 aromatic rings. The van der Waals surface area contributed by atoms with Crippen molar-refractivity contribution in [3.8, 4) is 17.3 Å². The quantitative estimate of drug-likeness (QED) is 0.280. The van der Waals surface area contributed by atoms with Crippen molar-refractivity contribution < 1.29 is 32.9 Å². The van der Waals surface area contributed by atoms with Crippen LogP contribution in [0.25, 0.3) is 33.1 Å². The molecule has 3 fully saturated rings. The van der Waals surface area contributed by atoms with Gasteiger partial charge in [0.15, 0.2) is 5.82 Å². The zero-order valence-corrected chi connectivity index (χ0v) is 27.9. The van der Waals surface area contributed by atoms with Gasteiger partial charge in [-0.15, -0.1) is 0 Å². The standard InChI is InChI=1S/C34H37ClFN7O6/c1-19(44)12-20-5-7-34(6-3-8-43(20)34)18-48-32-39-29-24-14-37-30(28(29)36)27-22(25(35)13-26-23(27)15-38-41-26)4-2-10-47-33(45)49-21-16-42(31(24)40-32)9-11-46-17-21/h13-15,20-21H,2-12,16-18H2,1H3,(H,38,41)/t20-,21-,34+/m0/s1. The van der Waals surface area contributed by atoms with Gasteiger partial charge in [0.1, 0.15) is 35.5 Å². The fourth-order valence-corrected chi connectivity index (χ4v) is 8.39. The second kappa shape index (κ2) is 13.0. The molecule has 9 rings (SSSR count). The van der Waals surface area contributed by atoms with Crippen LogP contribution in [0.3, 0.4) is 0 Å². The average molecular weight is 694 g/mol. The first-order chi connectivity index (χ1) is 23.8. The van der Waals surface area contributed by atoms with E-state index in [1.54, 1.807) is 25.4 Å². The van der Waals surface area contributed by atoms with Gasteiger partial charge in [-0.3, -0.25) is 19.8 Å². The van der Waals surface area contributed by atoms with Gasteiger partial charge in [-0.2, -0.15) is 15.1 Å². The van der Waals surface area contributed by atoms with Crippen molar-refractivity contribution in [3.63, 3.8) is 0 Å². The van der Waals surface area contributed by atoms with E-state index in [4.69, 9.17) is 35.5 Å². The molecule has 0 saturated carbocycles. The minimum Gasteiger partial charge on any atom is -0.461 e. The summed E-state index contributed by atoms with van der Waals surface area (Å²) in [6.07, 6.45) is 6.77. The molecule has 13 nitrogen and oxygen atoms in total. The maximum absolute atomic E-state index is 17.1. The van der Waals surface area contributed by atoms with Crippen LogP contribution < -0.4 is 9.64 Å². The predicted molar refractivity (Wildman–Crippen MR) is 177 cm³/mol. The molecule has 3 saturated heterocycles. The highest BCUT2D eigenvalue weighted by Crippen LogP contribution is 2.44. The number of aromatic nitrogens is 5. The SMILES string of the molecule is CC(=O)C[C@@H]1CC[C@@]2(COc3nc4c5cnc(c(F)c5n3)-c3c(c(Cl)cc5[nH]ncc35)CCCOC(=O)O[C@@H]3COCCN4C3)CCCN12. The lowest BCUT2D eigenvalue weighted by Crippen LogP contribution is -2.47. The van der Waals surface area contributed by atoms with E-state index in [9.17, 15) is 9.59 Å². The number of hydrogen-bond donors (Lipinski definition) is 1. The molecule has 1 aromatic carbocycles. The summed E-state index contributed by atoms with van der Waals surface area (Å²) in [4.78, 5) is 43.2. The molecule has 49 heavy (non-hydrogen) atoms. The predicted octanol–water partition coefficient (Wildman–Crippen LogP) is 5.02. The molecular weight excluding hydrogens is 657 g/mol. The summed E-state index contributed by atoms with van der Waals surface area (Å²) in [5, 5.41) is 8.53. The lowest BCUT2D eigenvalue weighted by atomic mass is 9.95. The number of benzene rings is 1. The van der Waals surface area contributed by atoms with Crippen molar-refractivity contribution in [2.24, 2.45) is 0 Å². The van der Waals surface area contributed by atoms with Crippen LogP contribution in [0.5, 0.6) is 6.01 Å². The fourth-order valence-electron chi connectivity index (χ4n) is 8.09. The first-order valence-corrected chi connectivity index (χ1v) is 17.2. The fraction of sp³-hybridized carbons (Fsp3) is 0.529. The van der Waals surface area contributed by atoms with Gasteiger partial charge in [0, 0.05) is 41.2 Å². The van der Waals surface area contributed by atoms with Crippen LogP contribution in [0.4, 0.5) is 15.0 Å². The molecule has 0 radical (unpaired) electrons. The minimum absolute atomic E-state index is 0.0257. The highest BCUT2D eigenvalue weighted by atomic mass is 35.5. The van der Waals surface area contributed by atoms with E-state index in [1.807, 2.05) is 4.90 Å². The molecule has 3 aromatic heterocycles. The first-order valence-electron chi connectivity index (χ1n) is 16.9. The van der Waals surface area contributed by atoms with Gasteiger partial charge in [0.05, 0.1) is 49.0 Å². The van der Waals surface area contributed by atoms with Gasteiger partial charge >= 0.3 is 12.2 Å². The Labute approximate surface area is 286 Å². The molecule has 0 amide bonds. The van der Waals surface area contributed by atoms with Gasteiger partial charge < -0.3 is 23.8 Å². The first kappa shape index (κ1) is 32.1.